The van der Waals surface area contributed by atoms with Crippen LogP contribution in [0.4, 0.5) is 0 Å². The Balaban J connectivity index is 1.98. The van der Waals surface area contributed by atoms with Crippen molar-refractivity contribution in [2.75, 3.05) is 0 Å². The standard InChI is InChI=1S/C22H25N3O5/c1-15(26)24-19(12-16-8-4-2-5-9-16)22(29)25-18(21(23)28)13-20(27)30-14-17-10-6-3-7-11-17/h2-11,18-19H,12-14H2,1H3,(H2,23,28)(H,24,26)(H,25,29)/t18-,19+/m0/s1. The molecule has 0 spiro atoms. The van der Waals surface area contributed by atoms with Gasteiger partial charge in [-0.05, 0) is 11.1 Å². The second-order valence-corrected chi connectivity index (χ2v) is 6.76. The lowest BCUT2D eigenvalue weighted by Crippen LogP contribution is -2.54. The van der Waals surface area contributed by atoms with Gasteiger partial charge in [-0.1, -0.05) is 60.7 Å². The van der Waals surface area contributed by atoms with Crippen molar-refractivity contribution in [3.8, 4) is 0 Å². The van der Waals surface area contributed by atoms with Gasteiger partial charge in [0, 0.05) is 13.3 Å². The first-order valence-electron chi connectivity index (χ1n) is 9.45. The summed E-state index contributed by atoms with van der Waals surface area (Å²) in [5, 5.41) is 5.00. The molecule has 0 radical (unpaired) electrons. The molecule has 4 N–H and O–H groups in total. The topological polar surface area (TPSA) is 128 Å². The van der Waals surface area contributed by atoms with Crippen molar-refractivity contribution in [3.05, 3.63) is 71.8 Å². The van der Waals surface area contributed by atoms with Crippen LogP contribution in [-0.2, 0) is 36.9 Å². The van der Waals surface area contributed by atoms with Crippen LogP contribution in [-0.4, -0.2) is 35.8 Å². The largest absolute Gasteiger partial charge is 0.461 e. The smallest absolute Gasteiger partial charge is 0.308 e. The fraction of sp³-hybridized carbons (Fsp3) is 0.273. The van der Waals surface area contributed by atoms with Crippen LogP contribution in [0.5, 0.6) is 0 Å². The van der Waals surface area contributed by atoms with Gasteiger partial charge in [-0.25, -0.2) is 0 Å². The van der Waals surface area contributed by atoms with Crippen LogP contribution in [0.2, 0.25) is 0 Å². The zero-order chi connectivity index (χ0) is 21.9. The van der Waals surface area contributed by atoms with E-state index in [9.17, 15) is 19.2 Å². The Labute approximate surface area is 174 Å². The van der Waals surface area contributed by atoms with Crippen molar-refractivity contribution in [1.82, 2.24) is 10.6 Å². The zero-order valence-electron chi connectivity index (χ0n) is 16.7. The molecule has 2 rings (SSSR count). The molecule has 2 aromatic rings. The Morgan fingerprint density at radius 3 is 1.97 bits per heavy atom. The van der Waals surface area contributed by atoms with Crippen molar-refractivity contribution < 1.29 is 23.9 Å². The minimum atomic E-state index is -1.26. The predicted octanol–water partition coefficient (Wildman–Crippen LogP) is 0.837. The first-order valence-corrected chi connectivity index (χ1v) is 9.45. The van der Waals surface area contributed by atoms with Crippen LogP contribution in [0.25, 0.3) is 0 Å². The lowest BCUT2D eigenvalue weighted by atomic mass is 10.0. The molecule has 0 saturated carbocycles. The number of primary amides is 1. The molecular formula is C22H25N3O5. The van der Waals surface area contributed by atoms with Gasteiger partial charge in [-0.15, -0.1) is 0 Å². The molecule has 0 fully saturated rings. The number of benzene rings is 2. The number of hydrogen-bond acceptors (Lipinski definition) is 5. The minimum absolute atomic E-state index is 0.0433. The molecule has 0 aliphatic carbocycles. The van der Waals surface area contributed by atoms with Gasteiger partial charge in [-0.2, -0.15) is 0 Å². The molecule has 0 saturated heterocycles. The van der Waals surface area contributed by atoms with Gasteiger partial charge < -0.3 is 21.1 Å². The number of hydrogen-bond donors (Lipinski definition) is 3. The summed E-state index contributed by atoms with van der Waals surface area (Å²) < 4.78 is 5.14. The highest BCUT2D eigenvalue weighted by molar-refractivity contribution is 5.93. The molecule has 8 heteroatoms. The van der Waals surface area contributed by atoms with E-state index in [0.29, 0.717) is 0 Å². The zero-order valence-corrected chi connectivity index (χ0v) is 16.7. The molecule has 0 aromatic heterocycles. The minimum Gasteiger partial charge on any atom is -0.461 e. The lowest BCUT2D eigenvalue weighted by molar-refractivity contribution is -0.147. The van der Waals surface area contributed by atoms with Crippen LogP contribution in [0.3, 0.4) is 0 Å². The molecule has 2 atom stereocenters. The maximum absolute atomic E-state index is 12.7. The summed E-state index contributed by atoms with van der Waals surface area (Å²) in [6.07, 6.45) is -0.192. The van der Waals surface area contributed by atoms with Gasteiger partial charge >= 0.3 is 5.97 Å². The quantitative estimate of drug-likeness (QED) is 0.499. The third-order valence-electron chi connectivity index (χ3n) is 4.25. The second-order valence-electron chi connectivity index (χ2n) is 6.76. The Kier molecular flexibility index (Phi) is 8.56. The van der Waals surface area contributed by atoms with Crippen LogP contribution in [0.1, 0.15) is 24.5 Å². The maximum atomic E-state index is 12.7. The molecule has 2 aromatic carbocycles. The van der Waals surface area contributed by atoms with E-state index in [2.05, 4.69) is 10.6 Å². The number of esters is 1. The summed E-state index contributed by atoms with van der Waals surface area (Å²) in [6.45, 7) is 1.33. The van der Waals surface area contributed by atoms with Crippen molar-refractivity contribution >= 4 is 23.7 Å². The summed E-state index contributed by atoms with van der Waals surface area (Å²) >= 11 is 0. The first-order chi connectivity index (χ1) is 14.3. The normalized spacial score (nSPS) is 12.3. The molecule has 30 heavy (non-hydrogen) atoms. The van der Waals surface area contributed by atoms with E-state index >= 15 is 0 Å². The van der Waals surface area contributed by atoms with E-state index in [1.165, 1.54) is 6.92 Å². The highest BCUT2D eigenvalue weighted by Crippen LogP contribution is 2.06. The number of carbonyl (C=O) groups is 4. The molecule has 0 aliphatic rings. The van der Waals surface area contributed by atoms with Crippen LogP contribution >= 0.6 is 0 Å². The Morgan fingerprint density at radius 1 is 0.867 bits per heavy atom. The fourth-order valence-electron chi connectivity index (χ4n) is 2.76. The number of carbonyl (C=O) groups excluding carboxylic acids is 4. The van der Waals surface area contributed by atoms with Crippen molar-refractivity contribution in [3.63, 3.8) is 0 Å². The van der Waals surface area contributed by atoms with Gasteiger partial charge in [0.15, 0.2) is 0 Å². The maximum Gasteiger partial charge on any atom is 0.308 e. The third-order valence-corrected chi connectivity index (χ3v) is 4.25. The number of rotatable bonds is 10. The van der Waals surface area contributed by atoms with Crippen LogP contribution < -0.4 is 16.4 Å². The highest BCUT2D eigenvalue weighted by Gasteiger charge is 2.27. The molecular weight excluding hydrogens is 386 g/mol. The summed E-state index contributed by atoms with van der Waals surface area (Å²) in [4.78, 5) is 48.0. The summed E-state index contributed by atoms with van der Waals surface area (Å²) in [5.74, 6) is -2.57. The number of amides is 3. The molecule has 158 valence electrons. The highest BCUT2D eigenvalue weighted by atomic mass is 16.5. The Hall–Kier alpha value is -3.68. The number of nitrogens with two attached hydrogens (primary N) is 1. The van der Waals surface area contributed by atoms with E-state index in [4.69, 9.17) is 10.5 Å². The summed E-state index contributed by atoms with van der Waals surface area (Å²) in [5.41, 5.74) is 6.96. The first kappa shape index (κ1) is 22.6. The van der Waals surface area contributed by atoms with E-state index in [0.717, 1.165) is 11.1 Å². The third kappa shape index (κ3) is 7.75. The fourth-order valence-corrected chi connectivity index (χ4v) is 2.76. The average molecular weight is 411 g/mol. The molecule has 8 nitrogen and oxygen atoms in total. The monoisotopic (exact) mass is 411 g/mol. The Bertz CT molecular complexity index is 871. The van der Waals surface area contributed by atoms with E-state index in [1.807, 2.05) is 48.5 Å². The SMILES string of the molecule is CC(=O)N[C@H](Cc1ccccc1)C(=O)N[C@@H](CC(=O)OCc1ccccc1)C(N)=O. The van der Waals surface area contributed by atoms with E-state index in [1.54, 1.807) is 12.1 Å². The summed E-state index contributed by atoms with van der Waals surface area (Å²) in [7, 11) is 0. The van der Waals surface area contributed by atoms with Gasteiger partial charge in [0.05, 0.1) is 6.42 Å². The van der Waals surface area contributed by atoms with Gasteiger partial charge in [-0.3, -0.25) is 19.2 Å². The van der Waals surface area contributed by atoms with Crippen molar-refractivity contribution in [1.29, 1.82) is 0 Å². The van der Waals surface area contributed by atoms with E-state index in [-0.39, 0.29) is 13.0 Å². The predicted molar refractivity (Wildman–Crippen MR) is 110 cm³/mol. The molecule has 0 aliphatic heterocycles. The lowest BCUT2D eigenvalue weighted by Gasteiger charge is -2.21. The number of ether oxygens (including phenoxy) is 1. The number of nitrogens with one attached hydrogen (secondary N) is 2. The average Bonchev–Trinajstić information content (AvgIpc) is 2.72. The van der Waals surface area contributed by atoms with Crippen molar-refractivity contribution in [2.45, 2.75) is 38.5 Å². The van der Waals surface area contributed by atoms with Crippen LogP contribution in [0.15, 0.2) is 60.7 Å². The van der Waals surface area contributed by atoms with Crippen LogP contribution in [0, 0.1) is 0 Å². The molecule has 3 amide bonds. The van der Waals surface area contributed by atoms with Gasteiger partial charge in [0.1, 0.15) is 18.7 Å². The van der Waals surface area contributed by atoms with Gasteiger partial charge in [0.2, 0.25) is 17.7 Å². The van der Waals surface area contributed by atoms with Gasteiger partial charge in [0.25, 0.3) is 0 Å². The molecule has 0 bridgehead atoms. The second kappa shape index (κ2) is 11.4. The summed E-state index contributed by atoms with van der Waals surface area (Å²) in [6, 6.07) is 16.0. The van der Waals surface area contributed by atoms with Crippen molar-refractivity contribution in [2.24, 2.45) is 5.73 Å². The Morgan fingerprint density at radius 2 is 1.43 bits per heavy atom. The molecule has 0 unspecified atom stereocenters. The van der Waals surface area contributed by atoms with E-state index < -0.39 is 42.2 Å². The molecule has 0 heterocycles.